The average molecular weight is 340 g/mol. The molecule has 0 aromatic heterocycles. The van der Waals surface area contributed by atoms with Crippen molar-refractivity contribution >= 4 is 11.6 Å². The molecule has 4 nitrogen and oxygen atoms in total. The molecule has 0 heterocycles. The molecule has 0 saturated heterocycles. The molecule has 0 saturated carbocycles. The number of carbonyl (C=O) groups excluding carboxylic acids is 1. The van der Waals surface area contributed by atoms with Crippen LogP contribution in [0.3, 0.4) is 0 Å². The summed E-state index contributed by atoms with van der Waals surface area (Å²) in [5.74, 6) is 0.658. The molecule has 2 aromatic rings. The second-order valence-corrected chi connectivity index (χ2v) is 6.74. The van der Waals surface area contributed by atoms with Gasteiger partial charge in [0.05, 0.1) is 0 Å². The van der Waals surface area contributed by atoms with Crippen LogP contribution in [0.5, 0.6) is 5.75 Å². The van der Waals surface area contributed by atoms with E-state index in [2.05, 4.69) is 18.3 Å². The van der Waals surface area contributed by atoms with Gasteiger partial charge in [0, 0.05) is 26.3 Å². The van der Waals surface area contributed by atoms with Crippen molar-refractivity contribution in [3.05, 3.63) is 58.7 Å². The smallest absolute Gasteiger partial charge is 0.261 e. The largest absolute Gasteiger partial charge is 0.481 e. The standard InChI is InChI=1S/C21H28N2O2/c1-14-11-15(2)16(3)20(12-14)25-17(4)21(24)22-13-18-7-9-19(10-8-18)23(5)6/h7-12,17H,13H2,1-6H3,(H,22,24). The average Bonchev–Trinajstić information content (AvgIpc) is 2.57. The molecule has 0 radical (unpaired) electrons. The zero-order valence-corrected chi connectivity index (χ0v) is 16.0. The summed E-state index contributed by atoms with van der Waals surface area (Å²) < 4.78 is 5.89. The summed E-state index contributed by atoms with van der Waals surface area (Å²) in [7, 11) is 4.01. The van der Waals surface area contributed by atoms with Crippen LogP contribution in [0.2, 0.25) is 0 Å². The van der Waals surface area contributed by atoms with E-state index in [1.165, 1.54) is 5.56 Å². The number of anilines is 1. The third-order valence-corrected chi connectivity index (χ3v) is 4.36. The van der Waals surface area contributed by atoms with Crippen molar-refractivity contribution in [2.45, 2.75) is 40.3 Å². The Labute approximate surface area is 150 Å². The summed E-state index contributed by atoms with van der Waals surface area (Å²) >= 11 is 0. The van der Waals surface area contributed by atoms with Crippen LogP contribution < -0.4 is 15.0 Å². The highest BCUT2D eigenvalue weighted by atomic mass is 16.5. The predicted molar refractivity (Wildman–Crippen MR) is 103 cm³/mol. The highest BCUT2D eigenvalue weighted by Gasteiger charge is 2.16. The van der Waals surface area contributed by atoms with Gasteiger partial charge in [0.2, 0.25) is 0 Å². The van der Waals surface area contributed by atoms with E-state index in [-0.39, 0.29) is 5.91 Å². The van der Waals surface area contributed by atoms with Crippen molar-refractivity contribution in [2.75, 3.05) is 19.0 Å². The minimum Gasteiger partial charge on any atom is -0.481 e. The molecular weight excluding hydrogens is 312 g/mol. The van der Waals surface area contributed by atoms with Gasteiger partial charge in [0.25, 0.3) is 5.91 Å². The number of ether oxygens (including phenoxy) is 1. The fourth-order valence-electron chi connectivity index (χ4n) is 2.61. The van der Waals surface area contributed by atoms with Crippen molar-refractivity contribution in [1.29, 1.82) is 0 Å². The van der Waals surface area contributed by atoms with Gasteiger partial charge < -0.3 is 15.0 Å². The number of carbonyl (C=O) groups is 1. The Kier molecular flexibility index (Phi) is 6.07. The van der Waals surface area contributed by atoms with Crippen LogP contribution in [-0.4, -0.2) is 26.1 Å². The monoisotopic (exact) mass is 340 g/mol. The zero-order chi connectivity index (χ0) is 18.6. The molecule has 4 heteroatoms. The second kappa shape index (κ2) is 8.06. The van der Waals surface area contributed by atoms with Gasteiger partial charge in [-0.25, -0.2) is 0 Å². The Hall–Kier alpha value is -2.49. The van der Waals surface area contributed by atoms with Gasteiger partial charge in [-0.3, -0.25) is 4.79 Å². The van der Waals surface area contributed by atoms with Crippen molar-refractivity contribution in [2.24, 2.45) is 0 Å². The van der Waals surface area contributed by atoms with Crippen LogP contribution >= 0.6 is 0 Å². The van der Waals surface area contributed by atoms with E-state index in [1.807, 2.05) is 63.2 Å². The van der Waals surface area contributed by atoms with E-state index in [1.54, 1.807) is 6.92 Å². The summed E-state index contributed by atoms with van der Waals surface area (Å²) in [5.41, 5.74) is 5.57. The van der Waals surface area contributed by atoms with Crippen LogP contribution in [-0.2, 0) is 11.3 Å². The van der Waals surface area contributed by atoms with E-state index in [0.717, 1.165) is 28.1 Å². The molecular formula is C21H28N2O2. The molecule has 25 heavy (non-hydrogen) atoms. The summed E-state index contributed by atoms with van der Waals surface area (Å²) in [6, 6.07) is 12.2. The molecule has 0 fully saturated rings. The first kappa shape index (κ1) is 18.8. The molecule has 0 aliphatic rings. The van der Waals surface area contributed by atoms with Crippen LogP contribution in [0, 0.1) is 20.8 Å². The lowest BCUT2D eigenvalue weighted by Gasteiger charge is -2.18. The Balaban J connectivity index is 1.94. The number of benzene rings is 2. The van der Waals surface area contributed by atoms with Gasteiger partial charge in [0.1, 0.15) is 5.75 Å². The first-order valence-electron chi connectivity index (χ1n) is 8.56. The van der Waals surface area contributed by atoms with Gasteiger partial charge in [-0.1, -0.05) is 18.2 Å². The fraction of sp³-hybridized carbons (Fsp3) is 0.381. The van der Waals surface area contributed by atoms with Crippen LogP contribution in [0.4, 0.5) is 5.69 Å². The highest BCUT2D eigenvalue weighted by molar-refractivity contribution is 5.80. The number of nitrogens with zero attached hydrogens (tertiary/aromatic N) is 1. The molecule has 1 unspecified atom stereocenters. The van der Waals surface area contributed by atoms with Gasteiger partial charge in [0.15, 0.2) is 6.10 Å². The lowest BCUT2D eigenvalue weighted by Crippen LogP contribution is -2.36. The molecule has 1 N–H and O–H groups in total. The van der Waals surface area contributed by atoms with Crippen LogP contribution in [0.25, 0.3) is 0 Å². The topological polar surface area (TPSA) is 41.6 Å². The number of nitrogens with one attached hydrogen (secondary N) is 1. The Morgan fingerprint density at radius 2 is 1.76 bits per heavy atom. The molecule has 134 valence electrons. The van der Waals surface area contributed by atoms with E-state index in [0.29, 0.717) is 6.54 Å². The minimum absolute atomic E-state index is 0.116. The van der Waals surface area contributed by atoms with E-state index in [4.69, 9.17) is 4.74 Å². The Morgan fingerprint density at radius 3 is 2.36 bits per heavy atom. The SMILES string of the molecule is Cc1cc(C)c(C)c(OC(C)C(=O)NCc2ccc(N(C)C)cc2)c1. The van der Waals surface area contributed by atoms with Gasteiger partial charge in [-0.15, -0.1) is 0 Å². The maximum absolute atomic E-state index is 12.3. The van der Waals surface area contributed by atoms with Crippen molar-refractivity contribution in [3.8, 4) is 5.75 Å². The molecule has 2 aromatic carbocycles. The molecule has 0 bridgehead atoms. The zero-order valence-electron chi connectivity index (χ0n) is 16.0. The number of hydrogen-bond donors (Lipinski definition) is 1. The highest BCUT2D eigenvalue weighted by Crippen LogP contribution is 2.24. The van der Waals surface area contributed by atoms with Gasteiger partial charge in [-0.05, 0) is 68.1 Å². The van der Waals surface area contributed by atoms with Crippen molar-refractivity contribution in [1.82, 2.24) is 5.32 Å². The maximum atomic E-state index is 12.3. The molecule has 0 aliphatic heterocycles. The number of hydrogen-bond acceptors (Lipinski definition) is 3. The predicted octanol–water partition coefficient (Wildman–Crippen LogP) is 3.76. The third kappa shape index (κ3) is 4.99. The summed E-state index contributed by atoms with van der Waals surface area (Å²) in [6.07, 6.45) is -0.541. The van der Waals surface area contributed by atoms with Crippen LogP contribution in [0.1, 0.15) is 29.2 Å². The van der Waals surface area contributed by atoms with Crippen LogP contribution in [0.15, 0.2) is 36.4 Å². The van der Waals surface area contributed by atoms with Crippen molar-refractivity contribution in [3.63, 3.8) is 0 Å². The van der Waals surface area contributed by atoms with Crippen molar-refractivity contribution < 1.29 is 9.53 Å². The summed E-state index contributed by atoms with van der Waals surface area (Å²) in [4.78, 5) is 14.4. The van der Waals surface area contributed by atoms with E-state index < -0.39 is 6.10 Å². The molecule has 1 atom stereocenters. The molecule has 0 aliphatic carbocycles. The first-order valence-corrected chi connectivity index (χ1v) is 8.56. The lowest BCUT2D eigenvalue weighted by atomic mass is 10.1. The quantitative estimate of drug-likeness (QED) is 0.870. The van der Waals surface area contributed by atoms with E-state index in [9.17, 15) is 4.79 Å². The number of rotatable bonds is 6. The molecule has 0 spiro atoms. The molecule has 1 amide bonds. The molecule has 2 rings (SSSR count). The van der Waals surface area contributed by atoms with Gasteiger partial charge in [-0.2, -0.15) is 0 Å². The maximum Gasteiger partial charge on any atom is 0.261 e. The number of amides is 1. The third-order valence-electron chi connectivity index (χ3n) is 4.36. The Bertz CT molecular complexity index is 736. The summed E-state index contributed by atoms with van der Waals surface area (Å²) in [5, 5.41) is 2.94. The lowest BCUT2D eigenvalue weighted by molar-refractivity contribution is -0.127. The minimum atomic E-state index is -0.541. The van der Waals surface area contributed by atoms with E-state index >= 15 is 0 Å². The normalized spacial score (nSPS) is 11.8. The second-order valence-electron chi connectivity index (χ2n) is 6.74. The summed E-state index contributed by atoms with van der Waals surface area (Å²) in [6.45, 7) is 8.37. The number of aryl methyl sites for hydroxylation is 2. The fourth-order valence-corrected chi connectivity index (χ4v) is 2.61. The van der Waals surface area contributed by atoms with Gasteiger partial charge >= 0.3 is 0 Å². The Morgan fingerprint density at radius 1 is 1.12 bits per heavy atom. The first-order chi connectivity index (χ1) is 11.8.